The van der Waals surface area contributed by atoms with Crippen LogP contribution in [0.4, 0.5) is 0 Å². The fraction of sp³-hybridized carbons (Fsp3) is 0.630. The van der Waals surface area contributed by atoms with Gasteiger partial charge in [0.1, 0.15) is 0 Å². The molecule has 0 spiro atoms. The van der Waals surface area contributed by atoms with Crippen molar-refractivity contribution in [3.63, 3.8) is 0 Å². The second-order valence-corrected chi connectivity index (χ2v) is 13.7. The number of carbonyl (C=O) groups is 2. The van der Waals surface area contributed by atoms with E-state index in [2.05, 4.69) is 44.2 Å². The van der Waals surface area contributed by atoms with Gasteiger partial charge in [0.05, 0.1) is 0 Å². The van der Waals surface area contributed by atoms with E-state index in [1.165, 1.54) is 35.7 Å². The van der Waals surface area contributed by atoms with Crippen molar-refractivity contribution in [2.24, 2.45) is 28.6 Å². The third-order valence-corrected chi connectivity index (χ3v) is 13.5. The summed E-state index contributed by atoms with van der Waals surface area (Å²) in [7, 11) is 0. The Morgan fingerprint density at radius 3 is 2.47 bits per heavy atom. The summed E-state index contributed by atoms with van der Waals surface area (Å²) in [4.78, 5) is 24.9. The molecule has 160 valence electrons. The van der Waals surface area contributed by atoms with Crippen molar-refractivity contribution in [3.05, 3.63) is 42.0 Å². The normalized spacial score (nSPS) is 42.7. The summed E-state index contributed by atoms with van der Waals surface area (Å²) in [5.41, 5.74) is 1.75. The minimum absolute atomic E-state index is 0.123. The molecular formula is C27H34O2Se. The third-order valence-electron chi connectivity index (χ3n) is 9.64. The van der Waals surface area contributed by atoms with Gasteiger partial charge in [-0.15, -0.1) is 0 Å². The fourth-order valence-electron chi connectivity index (χ4n) is 8.09. The SMILES string of the molecule is CC(=O)[C@H]1CC[C@]2([Se]c3ccccc3)[C@@H]3CCC4=CC(=O)CC[C@]4(C)[C@H]3CC[C@]12C. The van der Waals surface area contributed by atoms with Gasteiger partial charge in [0.2, 0.25) is 0 Å². The maximum absolute atomic E-state index is 12.7. The molecule has 0 radical (unpaired) electrons. The quantitative estimate of drug-likeness (QED) is 0.564. The fourth-order valence-corrected chi connectivity index (χ4v) is 12.0. The van der Waals surface area contributed by atoms with E-state index >= 15 is 0 Å². The predicted molar refractivity (Wildman–Crippen MR) is 122 cm³/mol. The van der Waals surface area contributed by atoms with Crippen LogP contribution in [0.3, 0.4) is 0 Å². The molecule has 0 aliphatic heterocycles. The average molecular weight is 470 g/mol. The third kappa shape index (κ3) is 2.81. The van der Waals surface area contributed by atoms with E-state index in [9.17, 15) is 9.59 Å². The molecule has 6 atom stereocenters. The molecule has 4 aliphatic rings. The van der Waals surface area contributed by atoms with Gasteiger partial charge in [0, 0.05) is 0 Å². The van der Waals surface area contributed by atoms with Crippen LogP contribution in [0.25, 0.3) is 0 Å². The standard InChI is InChI=1S/C27H34O2Se/c1-18(28)22-13-16-27(30-21-7-5-4-6-8-21)24-10-9-19-17-20(29)11-14-25(19,2)23(24)12-15-26(22,27)3/h4-8,17,22-24H,9-16H2,1-3H3/t22-,23+,24-,25+,26-,27+/m1/s1. The van der Waals surface area contributed by atoms with Crippen LogP contribution >= 0.6 is 0 Å². The van der Waals surface area contributed by atoms with Crippen molar-refractivity contribution in [1.29, 1.82) is 0 Å². The number of benzene rings is 1. The topological polar surface area (TPSA) is 34.1 Å². The zero-order valence-corrected chi connectivity index (χ0v) is 20.3. The molecular weight excluding hydrogens is 435 g/mol. The molecule has 5 rings (SSSR count). The molecule has 3 saturated carbocycles. The van der Waals surface area contributed by atoms with Gasteiger partial charge in [-0.05, 0) is 0 Å². The van der Waals surface area contributed by atoms with Crippen LogP contribution < -0.4 is 4.46 Å². The first-order chi connectivity index (χ1) is 14.3. The Kier molecular flexibility index (Phi) is 4.95. The predicted octanol–water partition coefficient (Wildman–Crippen LogP) is 5.30. The van der Waals surface area contributed by atoms with Crippen molar-refractivity contribution in [2.75, 3.05) is 0 Å². The summed E-state index contributed by atoms with van der Waals surface area (Å²) >= 11 is 0.360. The van der Waals surface area contributed by atoms with E-state index in [4.69, 9.17) is 0 Å². The second kappa shape index (κ2) is 7.17. The molecule has 0 saturated heterocycles. The number of allylic oxidation sites excluding steroid dienone is 1. The summed E-state index contributed by atoms with van der Waals surface area (Å²) in [6, 6.07) is 11.1. The minimum atomic E-state index is 0.123. The molecule has 30 heavy (non-hydrogen) atoms. The van der Waals surface area contributed by atoms with Crippen molar-refractivity contribution in [2.45, 2.75) is 76.5 Å². The van der Waals surface area contributed by atoms with Crippen molar-refractivity contribution >= 4 is 31.0 Å². The molecule has 0 heterocycles. The monoisotopic (exact) mass is 470 g/mol. The summed E-state index contributed by atoms with van der Waals surface area (Å²) in [5, 5.41) is 0. The molecule has 2 nitrogen and oxygen atoms in total. The van der Waals surface area contributed by atoms with Crippen LogP contribution in [-0.2, 0) is 9.59 Å². The van der Waals surface area contributed by atoms with Gasteiger partial charge in [-0.3, -0.25) is 0 Å². The molecule has 1 aromatic rings. The van der Waals surface area contributed by atoms with Crippen LogP contribution in [0.15, 0.2) is 42.0 Å². The van der Waals surface area contributed by atoms with Gasteiger partial charge < -0.3 is 0 Å². The van der Waals surface area contributed by atoms with Crippen molar-refractivity contribution in [3.8, 4) is 0 Å². The molecule has 0 N–H and O–H groups in total. The Labute approximate surface area is 187 Å². The molecule has 0 amide bonds. The first kappa shape index (κ1) is 20.7. The van der Waals surface area contributed by atoms with Crippen molar-refractivity contribution in [1.82, 2.24) is 0 Å². The van der Waals surface area contributed by atoms with Crippen LogP contribution in [0.1, 0.15) is 72.1 Å². The van der Waals surface area contributed by atoms with E-state index < -0.39 is 0 Å². The number of carbonyl (C=O) groups excluding carboxylic acids is 2. The Hall–Kier alpha value is -1.18. The Morgan fingerprint density at radius 2 is 1.73 bits per heavy atom. The number of Topliss-reactive ketones (excluding diaryl/α,β-unsaturated/α-hetero) is 1. The van der Waals surface area contributed by atoms with Gasteiger partial charge >= 0.3 is 188 Å². The first-order valence-electron chi connectivity index (χ1n) is 11.8. The van der Waals surface area contributed by atoms with Gasteiger partial charge in [-0.1, -0.05) is 0 Å². The van der Waals surface area contributed by atoms with Gasteiger partial charge in [0.25, 0.3) is 0 Å². The molecule has 1 aromatic carbocycles. The summed E-state index contributed by atoms with van der Waals surface area (Å²) < 4.78 is 1.75. The van der Waals surface area contributed by atoms with E-state index in [-0.39, 0.29) is 21.1 Å². The van der Waals surface area contributed by atoms with E-state index in [0.717, 1.165) is 19.3 Å². The molecule has 3 heteroatoms. The van der Waals surface area contributed by atoms with Crippen molar-refractivity contribution < 1.29 is 9.59 Å². The molecule has 4 aliphatic carbocycles. The number of hydrogen-bond acceptors (Lipinski definition) is 2. The average Bonchev–Trinajstić information content (AvgIpc) is 3.02. The summed E-state index contributed by atoms with van der Waals surface area (Å²) in [6.07, 6.45) is 10.7. The zero-order valence-electron chi connectivity index (χ0n) is 18.6. The Bertz CT molecular complexity index is 905. The molecule has 3 fully saturated rings. The van der Waals surface area contributed by atoms with E-state index in [0.29, 0.717) is 44.8 Å². The zero-order chi connectivity index (χ0) is 21.1. The molecule has 0 unspecified atom stereocenters. The summed E-state index contributed by atoms with van der Waals surface area (Å²) in [6.45, 7) is 6.78. The van der Waals surface area contributed by atoms with Crippen LogP contribution in [0.2, 0.25) is 4.31 Å². The Morgan fingerprint density at radius 1 is 0.967 bits per heavy atom. The van der Waals surface area contributed by atoms with E-state index in [1.807, 2.05) is 13.0 Å². The van der Waals surface area contributed by atoms with Gasteiger partial charge in [0.15, 0.2) is 0 Å². The first-order valence-corrected chi connectivity index (χ1v) is 13.5. The van der Waals surface area contributed by atoms with Crippen LogP contribution in [0, 0.1) is 28.6 Å². The number of fused-ring (bicyclic) bond motifs is 5. The van der Waals surface area contributed by atoms with Gasteiger partial charge in [-0.2, -0.15) is 0 Å². The molecule has 0 aromatic heterocycles. The molecule has 0 bridgehead atoms. The van der Waals surface area contributed by atoms with E-state index in [1.54, 1.807) is 0 Å². The number of ketones is 2. The maximum atomic E-state index is 12.7. The second-order valence-electron chi connectivity index (χ2n) is 10.8. The van der Waals surface area contributed by atoms with Crippen LogP contribution in [0.5, 0.6) is 0 Å². The number of hydrogen-bond donors (Lipinski definition) is 0. The summed E-state index contributed by atoms with van der Waals surface area (Å²) in [5.74, 6) is 2.31. The van der Waals surface area contributed by atoms with Gasteiger partial charge in [-0.25, -0.2) is 0 Å². The number of rotatable bonds is 3. The Balaban J connectivity index is 1.61. The van der Waals surface area contributed by atoms with Crippen LogP contribution in [-0.4, -0.2) is 26.5 Å².